The SMILES string of the molecule is O=N[O-].[Cr].[Li+]. The van der Waals surface area contributed by atoms with Crippen molar-refractivity contribution < 1.29 is 36.2 Å². The van der Waals surface area contributed by atoms with E-state index < -0.39 is 0 Å². The molecule has 0 atom stereocenters. The molecule has 0 aromatic heterocycles. The standard InChI is InChI=1S/Cr.Li.HNO2/c;;2-1-3/h;;(H,2,3)/q;+1;/p-1. The van der Waals surface area contributed by atoms with Crippen molar-refractivity contribution in [2.75, 3.05) is 0 Å². The van der Waals surface area contributed by atoms with Crippen LogP contribution in [0.25, 0.3) is 0 Å². The van der Waals surface area contributed by atoms with Crippen molar-refractivity contribution in [1.29, 1.82) is 0 Å². The second-order valence-electron chi connectivity index (χ2n) is 0.0745. The Morgan fingerprint density at radius 3 is 1.60 bits per heavy atom. The molecule has 0 spiro atoms. The van der Waals surface area contributed by atoms with Gasteiger partial charge in [-0.1, -0.05) is 0 Å². The molecule has 0 aliphatic rings. The van der Waals surface area contributed by atoms with Gasteiger partial charge in [0, 0.05) is 17.4 Å². The summed E-state index contributed by atoms with van der Waals surface area (Å²) >= 11 is 0. The van der Waals surface area contributed by atoms with Crippen LogP contribution in [0.3, 0.4) is 0 Å². The maximum atomic E-state index is 8.00. The summed E-state index contributed by atoms with van der Waals surface area (Å²) in [4.78, 5) is 8.00. The Morgan fingerprint density at radius 2 is 1.60 bits per heavy atom. The number of nitrogens with zero attached hydrogens (tertiary/aromatic N) is 1. The van der Waals surface area contributed by atoms with E-state index in [4.69, 9.17) is 10.1 Å². The van der Waals surface area contributed by atoms with Gasteiger partial charge in [-0.15, -0.1) is 5.34 Å². The smallest absolute Gasteiger partial charge is 0.444 e. The minimum absolute atomic E-state index is 0. The van der Waals surface area contributed by atoms with E-state index in [0.29, 0.717) is 0 Å². The molecular formula is CrLiNO2. The van der Waals surface area contributed by atoms with Gasteiger partial charge in [-0.2, -0.15) is 0 Å². The molecule has 0 unspecified atom stereocenters. The average molecular weight is 105 g/mol. The minimum Gasteiger partial charge on any atom is -0.444 e. The Hall–Kier alpha value is 0.530. The van der Waals surface area contributed by atoms with Crippen LogP contribution in [0.15, 0.2) is 5.34 Å². The van der Waals surface area contributed by atoms with Crippen LogP contribution >= 0.6 is 0 Å². The van der Waals surface area contributed by atoms with Crippen LogP contribution in [-0.4, -0.2) is 0 Å². The molecule has 0 aromatic carbocycles. The van der Waals surface area contributed by atoms with Crippen LogP contribution in [0.1, 0.15) is 0 Å². The molecule has 0 saturated heterocycles. The summed E-state index contributed by atoms with van der Waals surface area (Å²) < 4.78 is 0. The number of rotatable bonds is 0. The van der Waals surface area contributed by atoms with E-state index >= 15 is 0 Å². The van der Waals surface area contributed by atoms with Gasteiger partial charge in [-0.05, 0) is 0 Å². The predicted molar refractivity (Wildman–Crippen MR) is 9.16 cm³/mol. The van der Waals surface area contributed by atoms with Crippen LogP contribution in [0.5, 0.6) is 0 Å². The molecule has 0 radical (unpaired) electrons. The second kappa shape index (κ2) is 24.1. The van der Waals surface area contributed by atoms with E-state index in [9.17, 15) is 0 Å². The maximum Gasteiger partial charge on any atom is 1.00 e. The first kappa shape index (κ1) is 17.7. The van der Waals surface area contributed by atoms with Gasteiger partial charge in [0.2, 0.25) is 0 Å². The van der Waals surface area contributed by atoms with E-state index in [0.717, 1.165) is 5.34 Å². The normalized spacial score (nSPS) is 2.40. The zero-order valence-electron chi connectivity index (χ0n) is 2.67. The van der Waals surface area contributed by atoms with Gasteiger partial charge in [0.15, 0.2) is 0 Å². The van der Waals surface area contributed by atoms with Crippen molar-refractivity contribution in [2.24, 2.45) is 5.34 Å². The predicted octanol–water partition coefficient (Wildman–Crippen LogP) is -2.75. The third-order valence-electron chi connectivity index (χ3n) is 0. The summed E-state index contributed by atoms with van der Waals surface area (Å²) in [7, 11) is 0. The van der Waals surface area contributed by atoms with Gasteiger partial charge < -0.3 is 10.1 Å². The van der Waals surface area contributed by atoms with Gasteiger partial charge >= 0.3 is 18.9 Å². The molecule has 0 heterocycles. The van der Waals surface area contributed by atoms with Crippen LogP contribution in [0, 0.1) is 10.1 Å². The van der Waals surface area contributed by atoms with Gasteiger partial charge in [-0.3, -0.25) is 0 Å². The summed E-state index contributed by atoms with van der Waals surface area (Å²) in [6.07, 6.45) is 0. The van der Waals surface area contributed by atoms with Gasteiger partial charge in [-0.25, -0.2) is 0 Å². The van der Waals surface area contributed by atoms with Crippen molar-refractivity contribution in [3.63, 3.8) is 0 Å². The molecule has 0 rings (SSSR count). The van der Waals surface area contributed by atoms with Gasteiger partial charge in [0.25, 0.3) is 0 Å². The molecular weight excluding hydrogens is 105 g/mol. The molecule has 3 nitrogen and oxygen atoms in total. The summed E-state index contributed by atoms with van der Waals surface area (Å²) in [5.41, 5.74) is 0. The van der Waals surface area contributed by atoms with Crippen molar-refractivity contribution in [3.05, 3.63) is 10.1 Å². The fourth-order valence-corrected chi connectivity index (χ4v) is 0. The molecule has 24 valence electrons. The van der Waals surface area contributed by atoms with Gasteiger partial charge in [0.05, 0.1) is 0 Å². The Kier molecular flexibility index (Phi) is 85.5. The van der Waals surface area contributed by atoms with Crippen molar-refractivity contribution in [2.45, 2.75) is 0 Å². The van der Waals surface area contributed by atoms with E-state index in [2.05, 4.69) is 0 Å². The minimum atomic E-state index is 0. The van der Waals surface area contributed by atoms with Gasteiger partial charge in [0.1, 0.15) is 0 Å². The van der Waals surface area contributed by atoms with E-state index in [1.54, 1.807) is 0 Å². The van der Waals surface area contributed by atoms with Crippen LogP contribution < -0.4 is 18.9 Å². The number of hydrogen-bond donors (Lipinski definition) is 0. The summed E-state index contributed by atoms with van der Waals surface area (Å²) in [5.74, 6) is 0. The van der Waals surface area contributed by atoms with Crippen molar-refractivity contribution in [1.82, 2.24) is 0 Å². The van der Waals surface area contributed by atoms with E-state index in [1.807, 2.05) is 0 Å². The van der Waals surface area contributed by atoms with Crippen LogP contribution in [-0.2, 0) is 17.4 Å². The Morgan fingerprint density at radius 1 is 1.60 bits per heavy atom. The molecule has 0 bridgehead atoms. The molecule has 0 amide bonds. The largest absolute Gasteiger partial charge is 1.00 e. The molecule has 0 aromatic rings. The monoisotopic (exact) mass is 105 g/mol. The van der Waals surface area contributed by atoms with Crippen LogP contribution in [0.2, 0.25) is 0 Å². The van der Waals surface area contributed by atoms with E-state index in [1.165, 1.54) is 0 Å². The zero-order valence-corrected chi connectivity index (χ0v) is 3.95. The quantitative estimate of drug-likeness (QED) is 0.190. The summed E-state index contributed by atoms with van der Waals surface area (Å²) in [6.45, 7) is 0. The first-order valence-electron chi connectivity index (χ1n) is 0.365. The molecule has 5 heavy (non-hydrogen) atoms. The summed E-state index contributed by atoms with van der Waals surface area (Å²) in [6, 6.07) is 0. The fraction of sp³-hybridized carbons (Fsp3) is 0. The molecule has 0 aliphatic heterocycles. The van der Waals surface area contributed by atoms with Crippen LogP contribution in [0.4, 0.5) is 0 Å². The molecule has 0 fully saturated rings. The zero-order chi connectivity index (χ0) is 2.71. The van der Waals surface area contributed by atoms with E-state index in [-0.39, 0.29) is 36.2 Å². The molecule has 0 aliphatic carbocycles. The Bertz CT molecular complexity index is 17.1. The first-order chi connectivity index (χ1) is 1.41. The maximum absolute atomic E-state index is 8.00. The number of hydrogen-bond acceptors (Lipinski definition) is 3. The Balaban J connectivity index is -0.0000000200. The van der Waals surface area contributed by atoms with Crippen molar-refractivity contribution in [3.8, 4) is 0 Å². The molecule has 0 saturated carbocycles. The average Bonchev–Trinajstić information content (AvgIpc) is 0.918. The third-order valence-corrected chi connectivity index (χ3v) is 0. The molecule has 0 N–H and O–H groups in total. The third kappa shape index (κ3) is 103. The molecule has 5 heteroatoms. The van der Waals surface area contributed by atoms with Crippen molar-refractivity contribution >= 4 is 0 Å². The Labute approximate surface area is 52.0 Å². The topological polar surface area (TPSA) is 52.5 Å². The fourth-order valence-electron chi connectivity index (χ4n) is 0. The second-order valence-corrected chi connectivity index (χ2v) is 0.0745. The summed E-state index contributed by atoms with van der Waals surface area (Å²) in [5, 5.41) is 9.00. The first-order valence-corrected chi connectivity index (χ1v) is 0.365.